The lowest BCUT2D eigenvalue weighted by atomic mass is 10.1. The van der Waals surface area contributed by atoms with E-state index < -0.39 is 0 Å². The van der Waals surface area contributed by atoms with Gasteiger partial charge in [0.1, 0.15) is 0 Å². The van der Waals surface area contributed by atoms with E-state index in [1.807, 2.05) is 0 Å². The molecule has 0 radical (unpaired) electrons. The molecule has 4 heteroatoms. The number of hydrogen-bond acceptors (Lipinski definition) is 2. The van der Waals surface area contributed by atoms with E-state index >= 15 is 0 Å². The number of likely N-dealkylation sites (N-methyl/N-ethyl adjacent to an activating group) is 2. The minimum Gasteiger partial charge on any atom is -0.323 e. The number of nitrogens with zero attached hydrogens (tertiary/aromatic N) is 4. The van der Waals surface area contributed by atoms with E-state index in [1.165, 1.54) is 203 Å². The molecule has 0 aromatic carbocycles. The van der Waals surface area contributed by atoms with Gasteiger partial charge >= 0.3 is 0 Å². The summed E-state index contributed by atoms with van der Waals surface area (Å²) in [5.41, 5.74) is 0. The van der Waals surface area contributed by atoms with E-state index in [1.54, 1.807) is 0 Å². The Morgan fingerprint density at radius 2 is 0.625 bits per heavy atom. The van der Waals surface area contributed by atoms with Crippen LogP contribution in [0.15, 0.2) is 0 Å². The lowest BCUT2D eigenvalue weighted by Crippen LogP contribution is -2.56. The van der Waals surface area contributed by atoms with Crippen molar-refractivity contribution in [1.82, 2.24) is 9.80 Å². The molecule has 1 rings (SSSR count). The summed E-state index contributed by atoms with van der Waals surface area (Å²) in [5.74, 6) is 0. The van der Waals surface area contributed by atoms with E-state index in [0.717, 1.165) is 0 Å². The first kappa shape index (κ1) is 37.9. The fourth-order valence-corrected chi connectivity index (χ4v) is 7.04. The van der Waals surface area contributed by atoms with Gasteiger partial charge in [-0.25, -0.2) is 0 Å². The first-order valence-electron chi connectivity index (χ1n) is 18.7. The molecule has 0 bridgehead atoms. The summed E-state index contributed by atoms with van der Waals surface area (Å²) in [4.78, 5) is 5.57. The smallest absolute Gasteiger partial charge is 0.0915 e. The summed E-state index contributed by atoms with van der Waals surface area (Å²) >= 11 is 0. The third kappa shape index (κ3) is 16.5. The molecule has 0 atom stereocenters. The fourth-order valence-electron chi connectivity index (χ4n) is 7.04. The van der Waals surface area contributed by atoms with E-state index in [9.17, 15) is 0 Å². The van der Waals surface area contributed by atoms with Gasteiger partial charge in [-0.2, -0.15) is 0 Å². The van der Waals surface area contributed by atoms with Crippen LogP contribution in [0.3, 0.4) is 0 Å². The zero-order valence-electron chi connectivity index (χ0n) is 29.0. The number of quaternary nitrogens is 2. The number of rotatable bonds is 28. The molecule has 1 aliphatic heterocycles. The average Bonchev–Trinajstić information content (AvgIpc) is 3.00. The second kappa shape index (κ2) is 24.3. The minimum atomic E-state index is 1.28. The molecule has 0 aliphatic carbocycles. The highest BCUT2D eigenvalue weighted by Gasteiger charge is 2.27. The standard InChI is InChI=1S/C36H78N4/c1-7-13-15-17-19-21-23-25-33-39(9-3,10-4)35-31-37-27-29-38(30-28-37)32-36-40(11-5,12-6)34-26-24-22-20-18-16-14-8-2/h7-36H2,1-6H3/q+2. The third-order valence-corrected chi connectivity index (χ3v) is 10.9. The summed E-state index contributed by atoms with van der Waals surface area (Å²) in [6, 6.07) is 0. The van der Waals surface area contributed by atoms with Crippen LogP contribution < -0.4 is 0 Å². The van der Waals surface area contributed by atoms with E-state index in [2.05, 4.69) is 51.3 Å². The maximum atomic E-state index is 2.78. The summed E-state index contributed by atoms with van der Waals surface area (Å²) < 4.78 is 2.67. The Morgan fingerprint density at radius 1 is 0.350 bits per heavy atom. The molecule has 0 aromatic rings. The van der Waals surface area contributed by atoms with Crippen molar-refractivity contribution in [3.05, 3.63) is 0 Å². The van der Waals surface area contributed by atoms with Crippen molar-refractivity contribution < 1.29 is 8.97 Å². The predicted octanol–water partition coefficient (Wildman–Crippen LogP) is 8.60. The molecule has 0 aromatic heterocycles. The number of piperazine rings is 1. The first-order valence-corrected chi connectivity index (χ1v) is 18.7. The quantitative estimate of drug-likeness (QED) is 0.0691. The highest BCUT2D eigenvalue weighted by molar-refractivity contribution is 4.72. The second-order valence-electron chi connectivity index (χ2n) is 13.5. The van der Waals surface area contributed by atoms with Crippen molar-refractivity contribution in [3.8, 4) is 0 Å². The van der Waals surface area contributed by atoms with Gasteiger partial charge in [0, 0.05) is 39.3 Å². The largest absolute Gasteiger partial charge is 0.323 e. The molecule has 1 fully saturated rings. The van der Waals surface area contributed by atoms with Gasteiger partial charge < -0.3 is 8.97 Å². The monoisotopic (exact) mass is 567 g/mol. The predicted molar refractivity (Wildman–Crippen MR) is 180 cm³/mol. The van der Waals surface area contributed by atoms with Gasteiger partial charge in [0.05, 0.1) is 52.4 Å². The first-order chi connectivity index (χ1) is 19.5. The summed E-state index contributed by atoms with van der Waals surface area (Å²) in [7, 11) is 0. The van der Waals surface area contributed by atoms with E-state index in [0.29, 0.717) is 0 Å². The van der Waals surface area contributed by atoms with Crippen LogP contribution in [0.1, 0.15) is 144 Å². The Labute approximate surface area is 254 Å². The normalized spacial score (nSPS) is 15.8. The number of hydrogen-bond donors (Lipinski definition) is 0. The molecule has 1 heterocycles. The SMILES string of the molecule is CCCCCCCCCC[N+](CC)(CC)CCN1CCN(CC[N+](CC)(CC)CCCCCCCCCC)CC1. The van der Waals surface area contributed by atoms with Gasteiger partial charge in [0.2, 0.25) is 0 Å². The summed E-state index contributed by atoms with van der Waals surface area (Å²) in [6.07, 6.45) is 22.9. The molecule has 240 valence electrons. The Hall–Kier alpha value is -0.160. The molecular formula is C36H78N4+2. The van der Waals surface area contributed by atoms with Crippen molar-refractivity contribution >= 4 is 0 Å². The lowest BCUT2D eigenvalue weighted by molar-refractivity contribution is -0.924. The van der Waals surface area contributed by atoms with E-state index in [-0.39, 0.29) is 0 Å². The van der Waals surface area contributed by atoms with Crippen molar-refractivity contribution in [2.75, 3.05) is 91.6 Å². The van der Waals surface area contributed by atoms with Gasteiger partial charge in [0.25, 0.3) is 0 Å². The lowest BCUT2D eigenvalue weighted by Gasteiger charge is -2.42. The molecule has 0 unspecified atom stereocenters. The maximum absolute atomic E-state index is 2.78. The molecule has 0 saturated carbocycles. The van der Waals surface area contributed by atoms with Crippen LogP contribution in [0, 0.1) is 0 Å². The van der Waals surface area contributed by atoms with Crippen molar-refractivity contribution in [3.63, 3.8) is 0 Å². The minimum absolute atomic E-state index is 1.28. The molecule has 0 amide bonds. The molecule has 1 saturated heterocycles. The zero-order valence-corrected chi connectivity index (χ0v) is 29.0. The Bertz CT molecular complexity index is 487. The van der Waals surface area contributed by atoms with Gasteiger partial charge in [-0.3, -0.25) is 9.80 Å². The average molecular weight is 567 g/mol. The molecule has 0 N–H and O–H groups in total. The van der Waals surface area contributed by atoms with Crippen molar-refractivity contribution in [2.45, 2.75) is 144 Å². The van der Waals surface area contributed by atoms with Crippen LogP contribution in [0.2, 0.25) is 0 Å². The van der Waals surface area contributed by atoms with Crippen molar-refractivity contribution in [1.29, 1.82) is 0 Å². The molecule has 1 aliphatic rings. The zero-order chi connectivity index (χ0) is 29.4. The van der Waals surface area contributed by atoms with Crippen LogP contribution in [0.4, 0.5) is 0 Å². The highest BCUT2D eigenvalue weighted by atomic mass is 15.4. The fraction of sp³-hybridized carbons (Fsp3) is 1.00. The summed E-state index contributed by atoms with van der Waals surface area (Å²) in [6.45, 7) is 32.8. The van der Waals surface area contributed by atoms with Crippen molar-refractivity contribution in [2.24, 2.45) is 0 Å². The van der Waals surface area contributed by atoms with Crippen LogP contribution in [-0.4, -0.2) is 110 Å². The Kier molecular flexibility index (Phi) is 23.0. The van der Waals surface area contributed by atoms with Crippen LogP contribution in [0.25, 0.3) is 0 Å². The Morgan fingerprint density at radius 3 is 0.900 bits per heavy atom. The van der Waals surface area contributed by atoms with Gasteiger partial charge in [-0.05, 0) is 53.4 Å². The topological polar surface area (TPSA) is 6.48 Å². The molecule has 4 nitrogen and oxygen atoms in total. The van der Waals surface area contributed by atoms with Crippen LogP contribution in [-0.2, 0) is 0 Å². The molecule has 0 spiro atoms. The van der Waals surface area contributed by atoms with Crippen LogP contribution >= 0.6 is 0 Å². The van der Waals surface area contributed by atoms with E-state index in [4.69, 9.17) is 0 Å². The summed E-state index contributed by atoms with van der Waals surface area (Å²) in [5, 5.41) is 0. The Balaban J connectivity index is 2.29. The van der Waals surface area contributed by atoms with Gasteiger partial charge in [0.15, 0.2) is 0 Å². The third-order valence-electron chi connectivity index (χ3n) is 10.9. The second-order valence-corrected chi connectivity index (χ2v) is 13.5. The number of unbranched alkanes of at least 4 members (excludes halogenated alkanes) is 14. The van der Waals surface area contributed by atoms with Gasteiger partial charge in [-0.15, -0.1) is 0 Å². The molecular weight excluding hydrogens is 488 g/mol. The van der Waals surface area contributed by atoms with Crippen LogP contribution in [0.5, 0.6) is 0 Å². The maximum Gasteiger partial charge on any atom is 0.0915 e. The van der Waals surface area contributed by atoms with Gasteiger partial charge in [-0.1, -0.05) is 90.9 Å². The highest BCUT2D eigenvalue weighted by Crippen LogP contribution is 2.16. The molecule has 40 heavy (non-hydrogen) atoms.